The molecular formula is C10H12BrN3. The highest BCUT2D eigenvalue weighted by molar-refractivity contribution is 9.10. The summed E-state index contributed by atoms with van der Waals surface area (Å²) in [6.07, 6.45) is 0. The summed E-state index contributed by atoms with van der Waals surface area (Å²) in [5.74, 6) is 0.388. The largest absolute Gasteiger partial charge is 0.382 e. The van der Waals surface area contributed by atoms with E-state index in [0.717, 1.165) is 21.2 Å². The Hall–Kier alpha value is -1.16. The van der Waals surface area contributed by atoms with E-state index in [1.54, 1.807) is 0 Å². The molecule has 3 nitrogen and oxygen atoms in total. The van der Waals surface area contributed by atoms with Crippen LogP contribution >= 0.6 is 15.9 Å². The van der Waals surface area contributed by atoms with Gasteiger partial charge in [-0.15, -0.1) is 5.10 Å². The lowest BCUT2D eigenvalue weighted by molar-refractivity contribution is 1.23. The normalized spacial score (nSPS) is 11.5. The summed E-state index contributed by atoms with van der Waals surface area (Å²) in [6, 6.07) is 3.92. The summed E-state index contributed by atoms with van der Waals surface area (Å²) in [5.41, 5.74) is 8.82. The van der Waals surface area contributed by atoms with Crippen LogP contribution in [0.15, 0.2) is 26.8 Å². The van der Waals surface area contributed by atoms with Gasteiger partial charge in [-0.1, -0.05) is 15.9 Å². The van der Waals surface area contributed by atoms with E-state index in [0.29, 0.717) is 5.84 Å². The van der Waals surface area contributed by atoms with E-state index >= 15 is 0 Å². The van der Waals surface area contributed by atoms with Gasteiger partial charge in [-0.3, -0.25) is 0 Å². The minimum absolute atomic E-state index is 0.388. The fourth-order valence-corrected chi connectivity index (χ4v) is 1.46. The van der Waals surface area contributed by atoms with Crippen LogP contribution in [-0.4, -0.2) is 12.6 Å². The van der Waals surface area contributed by atoms with Crippen molar-refractivity contribution in [3.05, 3.63) is 33.3 Å². The van der Waals surface area contributed by atoms with Crippen LogP contribution in [0, 0.1) is 13.8 Å². The quantitative estimate of drug-likeness (QED) is 0.491. The second kappa shape index (κ2) is 4.37. The van der Waals surface area contributed by atoms with Crippen molar-refractivity contribution in [1.29, 1.82) is 0 Å². The zero-order valence-corrected chi connectivity index (χ0v) is 9.80. The van der Waals surface area contributed by atoms with Crippen LogP contribution in [0.2, 0.25) is 0 Å². The molecule has 0 unspecified atom stereocenters. The van der Waals surface area contributed by atoms with Gasteiger partial charge in [-0.2, -0.15) is 5.10 Å². The first kappa shape index (κ1) is 10.9. The second-order valence-electron chi connectivity index (χ2n) is 3.05. The maximum Gasteiger partial charge on any atom is 0.153 e. The molecule has 0 spiro atoms. The van der Waals surface area contributed by atoms with Gasteiger partial charge in [0.2, 0.25) is 0 Å². The number of amidine groups is 1. The summed E-state index contributed by atoms with van der Waals surface area (Å²) in [6.45, 7) is 7.28. The van der Waals surface area contributed by atoms with Crippen LogP contribution in [0.4, 0.5) is 0 Å². The Morgan fingerprint density at radius 2 is 1.86 bits per heavy atom. The lowest BCUT2D eigenvalue weighted by Crippen LogP contribution is -2.13. The number of nitrogens with two attached hydrogens (primary N) is 1. The van der Waals surface area contributed by atoms with E-state index in [1.165, 1.54) is 0 Å². The number of halogens is 1. The van der Waals surface area contributed by atoms with E-state index in [9.17, 15) is 0 Å². The first-order valence-corrected chi connectivity index (χ1v) is 4.92. The van der Waals surface area contributed by atoms with Crippen LogP contribution < -0.4 is 5.73 Å². The predicted molar refractivity (Wildman–Crippen MR) is 63.9 cm³/mol. The number of hydrogen-bond acceptors (Lipinski definition) is 2. The molecule has 2 N–H and O–H groups in total. The van der Waals surface area contributed by atoms with Crippen molar-refractivity contribution in [1.82, 2.24) is 0 Å². The summed E-state index contributed by atoms with van der Waals surface area (Å²) >= 11 is 3.48. The van der Waals surface area contributed by atoms with Gasteiger partial charge >= 0.3 is 0 Å². The minimum Gasteiger partial charge on any atom is -0.382 e. The van der Waals surface area contributed by atoms with Crippen LogP contribution in [-0.2, 0) is 0 Å². The summed E-state index contributed by atoms with van der Waals surface area (Å²) < 4.78 is 1.10. The Morgan fingerprint density at radius 3 is 2.29 bits per heavy atom. The molecule has 4 heteroatoms. The Balaban J connectivity index is 3.25. The Morgan fingerprint density at radius 1 is 1.36 bits per heavy atom. The summed E-state index contributed by atoms with van der Waals surface area (Å²) in [5, 5.41) is 7.09. The second-order valence-corrected chi connectivity index (χ2v) is 3.84. The molecule has 0 aliphatic rings. The van der Waals surface area contributed by atoms with Gasteiger partial charge in [0.05, 0.1) is 0 Å². The third-order valence-electron chi connectivity index (χ3n) is 1.91. The van der Waals surface area contributed by atoms with Crippen LogP contribution in [0.1, 0.15) is 16.7 Å². The molecule has 0 saturated heterocycles. The summed E-state index contributed by atoms with van der Waals surface area (Å²) in [4.78, 5) is 0. The first-order chi connectivity index (χ1) is 6.56. The van der Waals surface area contributed by atoms with Crippen molar-refractivity contribution in [2.45, 2.75) is 13.8 Å². The van der Waals surface area contributed by atoms with Crippen molar-refractivity contribution < 1.29 is 0 Å². The Labute approximate surface area is 91.9 Å². The van der Waals surface area contributed by atoms with Gasteiger partial charge in [0.25, 0.3) is 0 Å². The lowest BCUT2D eigenvalue weighted by atomic mass is 10.1. The monoisotopic (exact) mass is 253 g/mol. The molecule has 0 amide bonds. The zero-order valence-electron chi connectivity index (χ0n) is 8.21. The van der Waals surface area contributed by atoms with Crippen LogP contribution in [0.25, 0.3) is 0 Å². The molecule has 0 fully saturated rings. The highest BCUT2D eigenvalue weighted by Gasteiger charge is 2.04. The van der Waals surface area contributed by atoms with Crippen molar-refractivity contribution in [2.24, 2.45) is 15.9 Å². The average molecular weight is 254 g/mol. The van der Waals surface area contributed by atoms with Crippen LogP contribution in [0.5, 0.6) is 0 Å². The molecule has 0 aromatic heterocycles. The smallest absolute Gasteiger partial charge is 0.153 e. The van der Waals surface area contributed by atoms with E-state index in [-0.39, 0.29) is 0 Å². The van der Waals surface area contributed by atoms with Crippen molar-refractivity contribution in [3.8, 4) is 0 Å². The van der Waals surface area contributed by atoms with Gasteiger partial charge in [-0.25, -0.2) is 0 Å². The first-order valence-electron chi connectivity index (χ1n) is 4.12. The molecule has 0 aliphatic carbocycles. The number of hydrogen-bond donors (Lipinski definition) is 1. The van der Waals surface area contributed by atoms with Gasteiger partial charge in [-0.05, 0) is 37.1 Å². The van der Waals surface area contributed by atoms with Crippen molar-refractivity contribution in [2.75, 3.05) is 0 Å². The van der Waals surface area contributed by atoms with Gasteiger partial charge in [0, 0.05) is 16.8 Å². The maximum atomic E-state index is 5.69. The molecular weight excluding hydrogens is 242 g/mol. The van der Waals surface area contributed by atoms with Gasteiger partial charge < -0.3 is 5.73 Å². The third kappa shape index (κ3) is 2.20. The molecule has 14 heavy (non-hydrogen) atoms. The Bertz CT molecular complexity index is 373. The zero-order chi connectivity index (χ0) is 10.7. The fourth-order valence-electron chi connectivity index (χ4n) is 1.23. The number of aryl methyl sites for hydroxylation is 2. The number of rotatable bonds is 2. The lowest BCUT2D eigenvalue weighted by Gasteiger charge is -2.06. The Kier molecular flexibility index (Phi) is 3.41. The van der Waals surface area contributed by atoms with Gasteiger partial charge in [0.1, 0.15) is 0 Å². The molecule has 1 aromatic rings. The standard InChI is InChI=1S/C10H12BrN3/c1-6-4-8(10(12)14-13-3)5-7(2)9(6)11/h4-5H,3H2,1-2H3,(H2,12,14). The molecule has 0 heterocycles. The summed E-state index contributed by atoms with van der Waals surface area (Å²) in [7, 11) is 0. The van der Waals surface area contributed by atoms with E-state index < -0.39 is 0 Å². The molecule has 0 atom stereocenters. The van der Waals surface area contributed by atoms with E-state index in [1.807, 2.05) is 26.0 Å². The number of benzene rings is 1. The van der Waals surface area contributed by atoms with E-state index in [2.05, 4.69) is 32.9 Å². The molecule has 0 radical (unpaired) electrons. The maximum absolute atomic E-state index is 5.69. The minimum atomic E-state index is 0.388. The molecule has 0 saturated carbocycles. The topological polar surface area (TPSA) is 50.7 Å². The SMILES string of the molecule is C=NN=C(N)c1cc(C)c(Br)c(C)c1. The fraction of sp³-hybridized carbons (Fsp3) is 0.200. The van der Waals surface area contributed by atoms with E-state index in [4.69, 9.17) is 5.73 Å². The average Bonchev–Trinajstić information content (AvgIpc) is 2.13. The molecule has 74 valence electrons. The van der Waals surface area contributed by atoms with Gasteiger partial charge in [0.15, 0.2) is 5.84 Å². The highest BCUT2D eigenvalue weighted by atomic mass is 79.9. The predicted octanol–water partition coefficient (Wildman–Crippen LogP) is 2.39. The van der Waals surface area contributed by atoms with Crippen LogP contribution in [0.3, 0.4) is 0 Å². The molecule has 1 aromatic carbocycles. The number of nitrogens with zero attached hydrogens (tertiary/aromatic N) is 2. The molecule has 0 bridgehead atoms. The molecule has 0 aliphatic heterocycles. The third-order valence-corrected chi connectivity index (χ3v) is 3.16. The van der Waals surface area contributed by atoms with Crippen molar-refractivity contribution in [3.63, 3.8) is 0 Å². The van der Waals surface area contributed by atoms with Crippen molar-refractivity contribution >= 4 is 28.5 Å². The molecule has 1 rings (SSSR count). The highest BCUT2D eigenvalue weighted by Crippen LogP contribution is 2.22.